The van der Waals surface area contributed by atoms with Gasteiger partial charge in [0.15, 0.2) is 0 Å². The summed E-state index contributed by atoms with van der Waals surface area (Å²) in [6.45, 7) is 2.83. The lowest BCUT2D eigenvalue weighted by Crippen LogP contribution is -2.34. The Balaban J connectivity index is 2.05. The van der Waals surface area contributed by atoms with Crippen molar-refractivity contribution < 1.29 is 4.79 Å². The van der Waals surface area contributed by atoms with E-state index in [9.17, 15) is 4.79 Å². The van der Waals surface area contributed by atoms with E-state index in [-0.39, 0.29) is 5.91 Å². The molecule has 1 aromatic rings. The molecule has 0 aromatic heterocycles. The van der Waals surface area contributed by atoms with E-state index in [0.29, 0.717) is 13.1 Å². The van der Waals surface area contributed by atoms with Gasteiger partial charge in [-0.15, -0.1) is 0 Å². The Morgan fingerprint density at radius 2 is 2.31 bits per heavy atom. The Kier molecular flexibility index (Phi) is 3.80. The minimum absolute atomic E-state index is 0.164. The third kappa shape index (κ3) is 2.97. The molecule has 0 aliphatic carbocycles. The number of nitrogens with zero attached hydrogens (tertiary/aromatic N) is 1. The van der Waals surface area contributed by atoms with Gasteiger partial charge in [-0.05, 0) is 30.7 Å². The summed E-state index contributed by atoms with van der Waals surface area (Å²) < 4.78 is 0. The number of carbonyl (C=O) groups is 1. The maximum atomic E-state index is 11.7. The smallest absolute Gasteiger partial charge is 0.236 e. The fourth-order valence-corrected chi connectivity index (χ4v) is 2.06. The molecule has 0 spiro atoms. The Hall–Kier alpha value is -1.06. The number of carbonyl (C=O) groups excluding carboxylic acids is 1. The average molecular weight is 239 g/mol. The van der Waals surface area contributed by atoms with Gasteiger partial charge in [0.25, 0.3) is 0 Å². The van der Waals surface area contributed by atoms with Crippen LogP contribution >= 0.6 is 11.6 Å². The molecule has 0 saturated carbocycles. The minimum atomic E-state index is 0.164. The molecule has 1 heterocycles. The predicted molar refractivity (Wildman–Crippen MR) is 64.4 cm³/mol. The zero-order valence-electron chi connectivity index (χ0n) is 9.08. The van der Waals surface area contributed by atoms with Crippen LogP contribution in [-0.4, -0.2) is 30.4 Å². The van der Waals surface area contributed by atoms with Gasteiger partial charge in [-0.25, -0.2) is 0 Å². The van der Waals surface area contributed by atoms with E-state index in [1.807, 2.05) is 29.2 Å². The molecule has 0 bridgehead atoms. The van der Waals surface area contributed by atoms with Crippen LogP contribution in [0.15, 0.2) is 24.3 Å². The second kappa shape index (κ2) is 5.32. The van der Waals surface area contributed by atoms with Gasteiger partial charge in [0, 0.05) is 18.1 Å². The van der Waals surface area contributed by atoms with Crippen molar-refractivity contribution in [2.24, 2.45) is 0 Å². The third-order valence-electron chi connectivity index (χ3n) is 2.67. The van der Waals surface area contributed by atoms with Gasteiger partial charge in [0.2, 0.25) is 5.91 Å². The highest BCUT2D eigenvalue weighted by molar-refractivity contribution is 6.30. The van der Waals surface area contributed by atoms with Gasteiger partial charge in [-0.1, -0.05) is 23.7 Å². The molecule has 3 nitrogen and oxygen atoms in total. The highest BCUT2D eigenvalue weighted by atomic mass is 35.5. The van der Waals surface area contributed by atoms with Crippen molar-refractivity contribution in [3.8, 4) is 0 Å². The van der Waals surface area contributed by atoms with Gasteiger partial charge in [-0.2, -0.15) is 0 Å². The molecule has 0 unspecified atom stereocenters. The molecule has 1 amide bonds. The molecule has 1 aliphatic heterocycles. The zero-order valence-corrected chi connectivity index (χ0v) is 9.83. The summed E-state index contributed by atoms with van der Waals surface area (Å²) in [7, 11) is 0. The second-order valence-corrected chi connectivity index (χ2v) is 4.41. The number of nitrogens with one attached hydrogen (secondary N) is 1. The predicted octanol–water partition coefficient (Wildman–Crippen LogP) is 1.66. The number of amides is 1. The van der Waals surface area contributed by atoms with Crippen molar-refractivity contribution in [1.82, 2.24) is 10.2 Å². The standard InChI is InChI=1S/C12H15ClN2O/c13-11-4-1-3-10(7-11)9-15-6-2-5-14-8-12(15)16/h1,3-4,7,14H,2,5-6,8-9H2. The van der Waals surface area contributed by atoms with Gasteiger partial charge in [0.05, 0.1) is 6.54 Å². The maximum absolute atomic E-state index is 11.7. The SMILES string of the molecule is O=C1CNCCCN1Cc1cccc(Cl)c1. The largest absolute Gasteiger partial charge is 0.337 e. The monoisotopic (exact) mass is 238 g/mol. The van der Waals surface area contributed by atoms with Crippen LogP contribution in [-0.2, 0) is 11.3 Å². The summed E-state index contributed by atoms with van der Waals surface area (Å²) in [5.74, 6) is 0.164. The van der Waals surface area contributed by atoms with Crippen molar-refractivity contribution >= 4 is 17.5 Å². The maximum Gasteiger partial charge on any atom is 0.236 e. The van der Waals surface area contributed by atoms with E-state index in [1.54, 1.807) is 0 Å². The number of rotatable bonds is 2. The number of halogens is 1. The van der Waals surface area contributed by atoms with Gasteiger partial charge in [0.1, 0.15) is 0 Å². The molecule has 0 radical (unpaired) electrons. The fraction of sp³-hybridized carbons (Fsp3) is 0.417. The lowest BCUT2D eigenvalue weighted by molar-refractivity contribution is -0.130. The molecular formula is C12H15ClN2O. The highest BCUT2D eigenvalue weighted by Crippen LogP contribution is 2.13. The molecule has 1 N–H and O–H groups in total. The van der Waals surface area contributed by atoms with E-state index >= 15 is 0 Å². The molecule has 0 atom stereocenters. The molecule has 1 aromatic carbocycles. The Labute approximate surface area is 100 Å². The number of hydrogen-bond donors (Lipinski definition) is 1. The molecular weight excluding hydrogens is 224 g/mol. The van der Waals surface area contributed by atoms with Crippen LogP contribution < -0.4 is 5.32 Å². The van der Waals surface area contributed by atoms with Gasteiger partial charge >= 0.3 is 0 Å². The second-order valence-electron chi connectivity index (χ2n) is 3.98. The molecule has 16 heavy (non-hydrogen) atoms. The summed E-state index contributed by atoms with van der Waals surface area (Å²) in [5, 5.41) is 3.83. The molecule has 1 fully saturated rings. The van der Waals surface area contributed by atoms with Crippen LogP contribution in [0.3, 0.4) is 0 Å². The first-order valence-electron chi connectivity index (χ1n) is 5.48. The first-order valence-corrected chi connectivity index (χ1v) is 5.86. The molecule has 86 valence electrons. The Bertz CT molecular complexity index is 381. The topological polar surface area (TPSA) is 32.3 Å². The zero-order chi connectivity index (χ0) is 11.4. The minimum Gasteiger partial charge on any atom is -0.337 e. The van der Waals surface area contributed by atoms with Gasteiger partial charge < -0.3 is 10.2 Å². The van der Waals surface area contributed by atoms with E-state index in [0.717, 1.165) is 30.1 Å². The number of benzene rings is 1. The van der Waals surface area contributed by atoms with E-state index in [2.05, 4.69) is 5.32 Å². The first-order chi connectivity index (χ1) is 7.75. The van der Waals surface area contributed by atoms with Crippen molar-refractivity contribution in [3.63, 3.8) is 0 Å². The Morgan fingerprint density at radius 3 is 3.12 bits per heavy atom. The van der Waals surface area contributed by atoms with Crippen LogP contribution in [0, 0.1) is 0 Å². The summed E-state index contributed by atoms with van der Waals surface area (Å²) in [5.41, 5.74) is 1.09. The fourth-order valence-electron chi connectivity index (χ4n) is 1.85. The average Bonchev–Trinajstić information content (AvgIpc) is 2.45. The summed E-state index contributed by atoms with van der Waals surface area (Å²) in [6, 6.07) is 7.67. The Morgan fingerprint density at radius 1 is 1.44 bits per heavy atom. The van der Waals surface area contributed by atoms with E-state index < -0.39 is 0 Å². The third-order valence-corrected chi connectivity index (χ3v) is 2.91. The van der Waals surface area contributed by atoms with E-state index in [1.165, 1.54) is 0 Å². The van der Waals surface area contributed by atoms with E-state index in [4.69, 9.17) is 11.6 Å². The number of hydrogen-bond acceptors (Lipinski definition) is 2. The first kappa shape index (κ1) is 11.4. The van der Waals surface area contributed by atoms with Crippen molar-refractivity contribution in [3.05, 3.63) is 34.9 Å². The molecule has 2 rings (SSSR count). The summed E-state index contributed by atoms with van der Waals surface area (Å²) in [4.78, 5) is 13.6. The van der Waals surface area contributed by atoms with Crippen molar-refractivity contribution in [2.75, 3.05) is 19.6 Å². The van der Waals surface area contributed by atoms with Crippen molar-refractivity contribution in [1.29, 1.82) is 0 Å². The van der Waals surface area contributed by atoms with Crippen LogP contribution in [0.1, 0.15) is 12.0 Å². The lowest BCUT2D eigenvalue weighted by atomic mass is 10.2. The van der Waals surface area contributed by atoms with Crippen LogP contribution in [0.25, 0.3) is 0 Å². The van der Waals surface area contributed by atoms with Crippen LogP contribution in [0.2, 0.25) is 5.02 Å². The lowest BCUT2D eigenvalue weighted by Gasteiger charge is -2.20. The van der Waals surface area contributed by atoms with Crippen molar-refractivity contribution in [2.45, 2.75) is 13.0 Å². The van der Waals surface area contributed by atoms with Crippen LogP contribution in [0.4, 0.5) is 0 Å². The molecule has 1 aliphatic rings. The quantitative estimate of drug-likeness (QED) is 0.850. The molecule has 1 saturated heterocycles. The summed E-state index contributed by atoms with van der Waals surface area (Å²) in [6.07, 6.45) is 1.01. The summed E-state index contributed by atoms with van der Waals surface area (Å²) >= 11 is 5.92. The van der Waals surface area contributed by atoms with Crippen LogP contribution in [0.5, 0.6) is 0 Å². The van der Waals surface area contributed by atoms with Gasteiger partial charge in [-0.3, -0.25) is 4.79 Å². The molecule has 4 heteroatoms. The highest BCUT2D eigenvalue weighted by Gasteiger charge is 2.16. The normalized spacial score (nSPS) is 17.3.